The Hall–Kier alpha value is -2.07. The molecule has 3 aliphatic rings. The zero-order chi connectivity index (χ0) is 22.1. The zero-order valence-corrected chi connectivity index (χ0v) is 19.4. The molecular weight excluding hydrogens is 398 g/mol. The van der Waals surface area contributed by atoms with Crippen molar-refractivity contribution in [1.29, 1.82) is 0 Å². The number of fused-ring (bicyclic) bond motifs is 1. The van der Waals surface area contributed by atoms with Crippen LogP contribution < -0.4 is 4.74 Å². The minimum Gasteiger partial charge on any atom is -0.490 e. The summed E-state index contributed by atoms with van der Waals surface area (Å²) in [6.45, 7) is 3.96. The van der Waals surface area contributed by atoms with Gasteiger partial charge in [0.05, 0.1) is 12.0 Å². The summed E-state index contributed by atoms with van der Waals surface area (Å²) >= 11 is 0. The van der Waals surface area contributed by atoms with Crippen LogP contribution in [0.1, 0.15) is 82.7 Å². The number of nitrogens with zero attached hydrogens (tertiary/aromatic N) is 1. The number of rotatable bonds is 6. The fraction of sp³-hybridized carbons (Fsp3) is 0.607. The lowest BCUT2D eigenvalue weighted by Crippen LogP contribution is -2.38. The Morgan fingerprint density at radius 1 is 1.03 bits per heavy atom. The molecule has 2 saturated carbocycles. The van der Waals surface area contributed by atoms with Crippen LogP contribution in [0.4, 0.5) is 0 Å². The van der Waals surface area contributed by atoms with E-state index in [1.807, 2.05) is 0 Å². The van der Waals surface area contributed by atoms with Crippen molar-refractivity contribution in [1.82, 2.24) is 4.90 Å². The SMILES string of the molecule is CCC(c1ccc2cc(OC3CCC4(CCC4)CC3)ccc2c1)N1CCC(C(=O)O)CC1. The van der Waals surface area contributed by atoms with Crippen LogP contribution in [0.3, 0.4) is 0 Å². The van der Waals surface area contributed by atoms with E-state index in [1.165, 1.54) is 61.3 Å². The van der Waals surface area contributed by atoms with Crippen molar-refractivity contribution in [2.24, 2.45) is 11.3 Å². The van der Waals surface area contributed by atoms with Crippen LogP contribution in [0, 0.1) is 11.3 Å². The van der Waals surface area contributed by atoms with Gasteiger partial charge < -0.3 is 9.84 Å². The van der Waals surface area contributed by atoms with E-state index in [1.54, 1.807) is 0 Å². The lowest BCUT2D eigenvalue weighted by atomic mass is 9.60. The highest BCUT2D eigenvalue weighted by molar-refractivity contribution is 5.84. The maximum atomic E-state index is 11.3. The van der Waals surface area contributed by atoms with Crippen molar-refractivity contribution in [2.45, 2.75) is 83.3 Å². The van der Waals surface area contributed by atoms with E-state index in [-0.39, 0.29) is 5.92 Å². The summed E-state index contributed by atoms with van der Waals surface area (Å²) in [5.74, 6) is 0.182. The van der Waals surface area contributed by atoms with Crippen LogP contribution in [0.5, 0.6) is 5.75 Å². The number of likely N-dealkylation sites (tertiary alicyclic amines) is 1. The van der Waals surface area contributed by atoms with Crippen molar-refractivity contribution in [3.8, 4) is 5.75 Å². The van der Waals surface area contributed by atoms with Crippen LogP contribution in [-0.2, 0) is 4.79 Å². The molecule has 3 fully saturated rings. The first-order chi connectivity index (χ1) is 15.5. The molecule has 1 unspecified atom stereocenters. The molecule has 1 atom stereocenters. The second kappa shape index (κ2) is 9.05. The minimum absolute atomic E-state index is 0.179. The number of benzene rings is 2. The van der Waals surface area contributed by atoms with Crippen molar-refractivity contribution in [2.75, 3.05) is 13.1 Å². The summed E-state index contributed by atoms with van der Waals surface area (Å²) in [5, 5.41) is 11.8. The van der Waals surface area contributed by atoms with Gasteiger partial charge in [-0.1, -0.05) is 31.5 Å². The first kappa shape index (κ1) is 21.8. The molecule has 5 rings (SSSR count). The third-order valence-corrected chi connectivity index (χ3v) is 8.64. The molecule has 1 spiro atoms. The molecule has 1 aliphatic heterocycles. The van der Waals surface area contributed by atoms with Crippen LogP contribution >= 0.6 is 0 Å². The normalized spacial score (nSPS) is 23.2. The molecule has 4 heteroatoms. The fourth-order valence-corrected chi connectivity index (χ4v) is 6.38. The molecule has 1 N–H and O–H groups in total. The monoisotopic (exact) mass is 435 g/mol. The van der Waals surface area contributed by atoms with Crippen molar-refractivity contribution in [3.63, 3.8) is 0 Å². The Morgan fingerprint density at radius 2 is 1.72 bits per heavy atom. The van der Waals surface area contributed by atoms with Gasteiger partial charge in [0.1, 0.15) is 5.75 Å². The first-order valence-electron chi connectivity index (χ1n) is 12.7. The number of hydrogen-bond donors (Lipinski definition) is 1. The molecule has 172 valence electrons. The van der Waals surface area contributed by atoms with Gasteiger partial charge in [0.2, 0.25) is 0 Å². The summed E-state index contributed by atoms with van der Waals surface area (Å²) in [5.41, 5.74) is 2.01. The summed E-state index contributed by atoms with van der Waals surface area (Å²) < 4.78 is 6.39. The molecule has 0 radical (unpaired) electrons. The molecule has 1 heterocycles. The van der Waals surface area contributed by atoms with Gasteiger partial charge in [-0.3, -0.25) is 9.69 Å². The van der Waals surface area contributed by atoms with E-state index in [2.05, 4.69) is 48.2 Å². The molecule has 32 heavy (non-hydrogen) atoms. The van der Waals surface area contributed by atoms with E-state index in [9.17, 15) is 9.90 Å². The van der Waals surface area contributed by atoms with E-state index < -0.39 is 5.97 Å². The molecule has 0 amide bonds. The molecule has 2 aliphatic carbocycles. The quantitative estimate of drug-likeness (QED) is 0.557. The molecule has 0 aromatic heterocycles. The predicted octanol–water partition coefficient (Wildman–Crippen LogP) is 6.58. The van der Waals surface area contributed by atoms with Crippen LogP contribution in [-0.4, -0.2) is 35.2 Å². The fourth-order valence-electron chi connectivity index (χ4n) is 6.38. The minimum atomic E-state index is -0.641. The molecule has 1 saturated heterocycles. The molecule has 2 aromatic rings. The lowest BCUT2D eigenvalue weighted by molar-refractivity contribution is -0.143. The summed E-state index contributed by atoms with van der Waals surface area (Å²) in [6, 6.07) is 13.7. The van der Waals surface area contributed by atoms with Crippen LogP contribution in [0.15, 0.2) is 36.4 Å². The standard InChI is InChI=1S/C28H37NO3/c1-2-26(29-16-10-20(11-17-29)27(30)31)23-5-4-22-19-25(7-6-21(22)18-23)32-24-8-14-28(15-9-24)12-3-13-28/h4-7,18-20,24,26H,2-3,8-17H2,1H3,(H,30,31). The maximum Gasteiger partial charge on any atom is 0.306 e. The van der Waals surface area contributed by atoms with E-state index in [0.29, 0.717) is 17.6 Å². The van der Waals surface area contributed by atoms with E-state index in [4.69, 9.17) is 4.74 Å². The Labute approximate surface area is 191 Å². The Balaban J connectivity index is 1.24. The van der Waals surface area contributed by atoms with Crippen molar-refractivity contribution in [3.05, 3.63) is 42.0 Å². The average Bonchev–Trinajstić information content (AvgIpc) is 2.79. The topological polar surface area (TPSA) is 49.8 Å². The maximum absolute atomic E-state index is 11.3. The smallest absolute Gasteiger partial charge is 0.306 e. The molecule has 0 bridgehead atoms. The number of hydrogen-bond acceptors (Lipinski definition) is 3. The number of carboxylic acid groups (broad SMARTS) is 1. The average molecular weight is 436 g/mol. The van der Waals surface area contributed by atoms with Crippen molar-refractivity contribution >= 4 is 16.7 Å². The number of ether oxygens (including phenoxy) is 1. The third kappa shape index (κ3) is 4.39. The van der Waals surface area contributed by atoms with Crippen LogP contribution in [0.2, 0.25) is 0 Å². The zero-order valence-electron chi connectivity index (χ0n) is 19.4. The Kier molecular flexibility index (Phi) is 6.16. The second-order valence-corrected chi connectivity index (χ2v) is 10.5. The Bertz CT molecular complexity index is 948. The van der Waals surface area contributed by atoms with Gasteiger partial charge in [-0.05, 0) is 111 Å². The predicted molar refractivity (Wildman–Crippen MR) is 128 cm³/mol. The third-order valence-electron chi connectivity index (χ3n) is 8.64. The van der Waals surface area contributed by atoms with E-state index >= 15 is 0 Å². The van der Waals surface area contributed by atoms with Gasteiger partial charge in [0, 0.05) is 6.04 Å². The molecule has 2 aromatic carbocycles. The summed E-state index contributed by atoms with van der Waals surface area (Å²) in [6.07, 6.45) is 12.3. The van der Waals surface area contributed by atoms with Gasteiger partial charge in [-0.2, -0.15) is 0 Å². The lowest BCUT2D eigenvalue weighted by Gasteiger charge is -2.46. The van der Waals surface area contributed by atoms with Crippen molar-refractivity contribution < 1.29 is 14.6 Å². The number of aliphatic carboxylic acids is 1. The van der Waals surface area contributed by atoms with Gasteiger partial charge in [-0.25, -0.2) is 0 Å². The largest absolute Gasteiger partial charge is 0.490 e. The number of piperidine rings is 1. The summed E-state index contributed by atoms with van der Waals surface area (Å²) in [4.78, 5) is 13.8. The molecular formula is C28H37NO3. The van der Waals surface area contributed by atoms with Crippen LogP contribution in [0.25, 0.3) is 10.8 Å². The highest BCUT2D eigenvalue weighted by Crippen LogP contribution is 2.51. The highest BCUT2D eigenvalue weighted by Gasteiger charge is 2.40. The van der Waals surface area contributed by atoms with Gasteiger partial charge in [0.25, 0.3) is 0 Å². The summed E-state index contributed by atoms with van der Waals surface area (Å²) in [7, 11) is 0. The van der Waals surface area contributed by atoms with Gasteiger partial charge >= 0.3 is 5.97 Å². The van der Waals surface area contributed by atoms with Gasteiger partial charge in [0.15, 0.2) is 0 Å². The molecule has 4 nitrogen and oxygen atoms in total. The van der Waals surface area contributed by atoms with Gasteiger partial charge in [-0.15, -0.1) is 0 Å². The first-order valence-corrected chi connectivity index (χ1v) is 12.7. The number of carbonyl (C=O) groups is 1. The highest BCUT2D eigenvalue weighted by atomic mass is 16.5. The van der Waals surface area contributed by atoms with E-state index in [0.717, 1.165) is 38.1 Å². The number of carboxylic acids is 1. The Morgan fingerprint density at radius 3 is 2.34 bits per heavy atom. The second-order valence-electron chi connectivity index (χ2n) is 10.5.